The second-order valence-corrected chi connectivity index (χ2v) is 11.6. The Morgan fingerprint density at radius 2 is 1.15 bits per heavy atom. The van der Waals surface area contributed by atoms with Crippen molar-refractivity contribution in [1.29, 1.82) is 0 Å². The zero-order valence-corrected chi connectivity index (χ0v) is 22.0. The highest BCUT2D eigenvalue weighted by molar-refractivity contribution is 5.92. The average Bonchev–Trinajstić information content (AvgIpc) is 2.77. The lowest BCUT2D eigenvalue weighted by Gasteiger charge is -2.33. The molecule has 33 heavy (non-hydrogen) atoms. The van der Waals surface area contributed by atoms with Crippen LogP contribution in [0, 0.1) is 0 Å². The van der Waals surface area contributed by atoms with Crippen molar-refractivity contribution in [3.63, 3.8) is 0 Å². The number of rotatable bonds is 6. The Morgan fingerprint density at radius 3 is 1.52 bits per heavy atom. The van der Waals surface area contributed by atoms with Crippen LogP contribution in [0.3, 0.4) is 0 Å². The Balaban J connectivity index is 1.92. The minimum atomic E-state index is -0.0209. The molecule has 0 bridgehead atoms. The van der Waals surface area contributed by atoms with E-state index in [4.69, 9.17) is 9.98 Å². The molecule has 2 aliphatic rings. The predicted octanol–water partition coefficient (Wildman–Crippen LogP) is 5.27. The number of phenolic OH excluding ortho intramolecular Hbond substituents is 1. The Labute approximate surface area is 202 Å². The summed E-state index contributed by atoms with van der Waals surface area (Å²) >= 11 is 0. The highest BCUT2D eigenvalue weighted by Crippen LogP contribution is 2.31. The third kappa shape index (κ3) is 6.66. The molecule has 3 rings (SSSR count). The molecule has 5 heteroatoms. The molecule has 2 fully saturated rings. The van der Waals surface area contributed by atoms with Crippen LogP contribution in [0.5, 0.6) is 5.75 Å². The van der Waals surface area contributed by atoms with Gasteiger partial charge in [-0.25, -0.2) is 0 Å². The third-order valence-electron chi connectivity index (χ3n) is 7.56. The fourth-order valence-electron chi connectivity index (χ4n) is 5.40. The van der Waals surface area contributed by atoms with Crippen molar-refractivity contribution in [1.82, 2.24) is 9.80 Å². The zero-order valence-electron chi connectivity index (χ0n) is 22.0. The summed E-state index contributed by atoms with van der Waals surface area (Å²) in [4.78, 5) is 14.6. The van der Waals surface area contributed by atoms with Crippen LogP contribution in [0.2, 0.25) is 0 Å². The number of likely N-dealkylation sites (N-methyl/N-ethyl adjacent to an activating group) is 2. The van der Waals surface area contributed by atoms with E-state index in [0.29, 0.717) is 17.8 Å². The number of aromatic hydroxyl groups is 1. The molecule has 2 saturated carbocycles. The van der Waals surface area contributed by atoms with Gasteiger partial charge in [0.25, 0.3) is 0 Å². The predicted molar refractivity (Wildman–Crippen MR) is 141 cm³/mol. The van der Waals surface area contributed by atoms with E-state index in [2.05, 4.69) is 70.9 Å². The van der Waals surface area contributed by atoms with E-state index in [9.17, 15) is 5.11 Å². The lowest BCUT2D eigenvalue weighted by atomic mass is 9.84. The number of hydrogen-bond donors (Lipinski definition) is 1. The Morgan fingerprint density at radius 1 is 0.758 bits per heavy atom. The Kier molecular flexibility index (Phi) is 8.74. The summed E-state index contributed by atoms with van der Waals surface area (Å²) in [6.07, 6.45) is 13.4. The highest BCUT2D eigenvalue weighted by Gasteiger charge is 2.27. The van der Waals surface area contributed by atoms with E-state index in [1.807, 2.05) is 12.4 Å². The molecule has 0 aliphatic heterocycles. The molecule has 1 aromatic rings. The molecule has 2 aliphatic carbocycles. The van der Waals surface area contributed by atoms with Crippen LogP contribution in [0.15, 0.2) is 22.1 Å². The number of nitrogens with zero attached hydrogens (tertiary/aromatic N) is 4. The summed E-state index contributed by atoms with van der Waals surface area (Å²) in [7, 11) is 8.60. The van der Waals surface area contributed by atoms with Gasteiger partial charge in [-0.1, -0.05) is 46.5 Å². The quantitative estimate of drug-likeness (QED) is 0.596. The van der Waals surface area contributed by atoms with Gasteiger partial charge in [-0.05, 0) is 77.0 Å². The van der Waals surface area contributed by atoms with Crippen LogP contribution in [0.4, 0.5) is 0 Å². The van der Waals surface area contributed by atoms with Crippen molar-refractivity contribution in [2.24, 2.45) is 9.98 Å². The maximum atomic E-state index is 11.2. The van der Waals surface area contributed by atoms with E-state index < -0.39 is 0 Å². The molecule has 184 valence electrons. The molecule has 0 spiro atoms. The lowest BCUT2D eigenvalue weighted by molar-refractivity contribution is 0.203. The van der Waals surface area contributed by atoms with Crippen molar-refractivity contribution in [3.05, 3.63) is 28.8 Å². The van der Waals surface area contributed by atoms with Crippen molar-refractivity contribution < 1.29 is 5.11 Å². The first-order valence-electron chi connectivity index (χ1n) is 12.8. The van der Waals surface area contributed by atoms with Crippen molar-refractivity contribution in [3.8, 4) is 5.75 Å². The van der Waals surface area contributed by atoms with Crippen LogP contribution < -0.4 is 0 Å². The number of aliphatic imine (C=N–C) groups is 2. The molecule has 0 radical (unpaired) electrons. The van der Waals surface area contributed by atoms with Gasteiger partial charge in [0.1, 0.15) is 5.75 Å². The van der Waals surface area contributed by atoms with Gasteiger partial charge in [0, 0.05) is 35.6 Å². The van der Waals surface area contributed by atoms with E-state index in [-0.39, 0.29) is 17.5 Å². The molecular weight excluding hydrogens is 408 g/mol. The Hall–Kier alpha value is -1.72. The second-order valence-electron chi connectivity index (χ2n) is 11.6. The molecule has 0 saturated heterocycles. The van der Waals surface area contributed by atoms with Gasteiger partial charge in [-0.15, -0.1) is 0 Å². The summed E-state index contributed by atoms with van der Waals surface area (Å²) in [5.41, 5.74) is 2.79. The van der Waals surface area contributed by atoms with Crippen LogP contribution in [0.25, 0.3) is 0 Å². The van der Waals surface area contributed by atoms with Gasteiger partial charge in [0.2, 0.25) is 0 Å². The van der Waals surface area contributed by atoms with E-state index in [1.54, 1.807) is 0 Å². The zero-order chi connectivity index (χ0) is 24.2. The van der Waals surface area contributed by atoms with Crippen molar-refractivity contribution >= 4 is 12.4 Å². The summed E-state index contributed by atoms with van der Waals surface area (Å²) in [6, 6.07) is 5.72. The van der Waals surface area contributed by atoms with E-state index in [1.165, 1.54) is 44.1 Å². The minimum absolute atomic E-state index is 0.0209. The van der Waals surface area contributed by atoms with Gasteiger partial charge in [-0.3, -0.25) is 9.98 Å². The van der Waals surface area contributed by atoms with Crippen LogP contribution in [-0.2, 0) is 5.41 Å². The molecular formula is C28H46N4O. The fraction of sp³-hybridized carbons (Fsp3) is 0.714. The number of hydrogen-bond acceptors (Lipinski definition) is 5. The summed E-state index contributed by atoms with van der Waals surface area (Å²) < 4.78 is 0. The highest BCUT2D eigenvalue weighted by atomic mass is 16.3. The first-order valence-corrected chi connectivity index (χ1v) is 12.8. The average molecular weight is 455 g/mol. The maximum absolute atomic E-state index is 11.2. The fourth-order valence-corrected chi connectivity index (χ4v) is 5.40. The Bertz CT molecular complexity index is 778. The van der Waals surface area contributed by atoms with E-state index in [0.717, 1.165) is 24.0 Å². The third-order valence-corrected chi connectivity index (χ3v) is 7.56. The SMILES string of the molecule is CN(C)[C@H]1CCCC[C@@H]1N=Cc1cc(C(C)(C)C)cc(C=N[C@H]2CCCC[C@@H]2N(C)C)c1O. The lowest BCUT2D eigenvalue weighted by Crippen LogP contribution is -2.40. The first-order chi connectivity index (χ1) is 15.6. The molecule has 5 nitrogen and oxygen atoms in total. The van der Waals surface area contributed by atoms with E-state index >= 15 is 0 Å². The van der Waals surface area contributed by atoms with Crippen LogP contribution in [0.1, 0.15) is 88.8 Å². The van der Waals surface area contributed by atoms with Crippen molar-refractivity contribution in [2.45, 2.75) is 102 Å². The molecule has 0 aromatic heterocycles. The normalized spacial score (nSPS) is 27.3. The largest absolute Gasteiger partial charge is 0.507 e. The molecule has 1 N–H and O–H groups in total. The molecule has 0 heterocycles. The van der Waals surface area contributed by atoms with Gasteiger partial charge >= 0.3 is 0 Å². The van der Waals surface area contributed by atoms with Gasteiger partial charge in [-0.2, -0.15) is 0 Å². The van der Waals surface area contributed by atoms with Crippen molar-refractivity contribution in [2.75, 3.05) is 28.2 Å². The minimum Gasteiger partial charge on any atom is -0.507 e. The molecule has 0 unspecified atom stereocenters. The summed E-state index contributed by atoms with van der Waals surface area (Å²) in [5, 5.41) is 11.2. The van der Waals surface area contributed by atoms with Crippen LogP contribution >= 0.6 is 0 Å². The molecule has 0 amide bonds. The summed E-state index contributed by atoms with van der Waals surface area (Å²) in [5.74, 6) is 0.296. The summed E-state index contributed by atoms with van der Waals surface area (Å²) in [6.45, 7) is 6.65. The van der Waals surface area contributed by atoms with Crippen LogP contribution in [-0.4, -0.2) is 79.7 Å². The standard InChI is InChI=1S/C28H46N4O/c1-28(2,3)22-16-20(18-29-23-12-8-10-14-25(23)31(4)5)27(33)21(17-22)19-30-24-13-9-11-15-26(24)32(6)7/h16-19,23-26,33H,8-15H2,1-7H3/t23-,24-,25-,26-/m0/s1. The maximum Gasteiger partial charge on any atom is 0.133 e. The molecule has 1 aromatic carbocycles. The first kappa shape index (κ1) is 25.9. The smallest absolute Gasteiger partial charge is 0.133 e. The monoisotopic (exact) mass is 454 g/mol. The van der Waals surface area contributed by atoms with Gasteiger partial charge in [0.15, 0.2) is 0 Å². The van der Waals surface area contributed by atoms with Gasteiger partial charge < -0.3 is 14.9 Å². The molecule has 4 atom stereocenters. The second kappa shape index (κ2) is 11.1. The number of phenols is 1. The topological polar surface area (TPSA) is 51.4 Å². The number of benzene rings is 1. The van der Waals surface area contributed by atoms with Gasteiger partial charge in [0.05, 0.1) is 12.1 Å².